The van der Waals surface area contributed by atoms with Crippen LogP contribution in [-0.2, 0) is 16.3 Å². The Hall–Kier alpha value is -2.03. The zero-order valence-corrected chi connectivity index (χ0v) is 18.4. The van der Waals surface area contributed by atoms with E-state index in [-0.39, 0.29) is 5.82 Å². The van der Waals surface area contributed by atoms with E-state index in [1.54, 1.807) is 18.2 Å². The molecule has 0 aliphatic carbocycles. The Morgan fingerprint density at radius 2 is 1.97 bits per heavy atom. The summed E-state index contributed by atoms with van der Waals surface area (Å²) in [7, 11) is -1.19. The van der Waals surface area contributed by atoms with E-state index in [1.807, 2.05) is 20.8 Å². The lowest BCUT2D eigenvalue weighted by molar-refractivity contribution is 0.545. The molecule has 152 valence electrons. The summed E-state index contributed by atoms with van der Waals surface area (Å²) in [6.45, 7) is 5.55. The molecular weight excluding hydrogens is 433 g/mol. The molecule has 2 atom stereocenters. The average Bonchev–Trinajstić information content (AvgIpc) is 3.28. The number of amidine groups is 1. The zero-order valence-electron chi connectivity index (χ0n) is 16.0. The molecule has 0 spiro atoms. The Kier molecular flexibility index (Phi) is 4.91. The quantitative estimate of drug-likeness (QED) is 0.609. The van der Waals surface area contributed by atoms with Crippen LogP contribution in [0.2, 0.25) is 5.02 Å². The highest BCUT2D eigenvalue weighted by molar-refractivity contribution is 7.87. The highest BCUT2D eigenvalue weighted by atomic mass is 35.5. The normalized spacial score (nSPS) is 23.8. The van der Waals surface area contributed by atoms with Gasteiger partial charge in [-0.15, -0.1) is 11.3 Å². The number of thiophene rings is 1. The Bertz CT molecular complexity index is 1140. The van der Waals surface area contributed by atoms with E-state index in [0.717, 1.165) is 9.75 Å². The molecule has 9 heteroatoms. The number of nitrogens with two attached hydrogens (primary N) is 1. The largest absolute Gasteiger partial charge is 0.444 e. The third-order valence-electron chi connectivity index (χ3n) is 4.99. The zero-order chi connectivity index (χ0) is 21.0. The first-order valence-corrected chi connectivity index (χ1v) is 11.4. The summed E-state index contributed by atoms with van der Waals surface area (Å²) in [5, 5.41) is 0.520. The average molecular weight is 452 g/mol. The molecule has 0 radical (unpaired) electrons. The molecule has 3 aromatic rings. The van der Waals surface area contributed by atoms with Crippen LogP contribution in [0.1, 0.15) is 25.6 Å². The lowest BCUT2D eigenvalue weighted by Gasteiger charge is -2.36. The first kappa shape index (κ1) is 20.3. The molecule has 2 N–H and O–H groups in total. The third kappa shape index (κ3) is 3.53. The Morgan fingerprint density at radius 1 is 1.28 bits per heavy atom. The smallest absolute Gasteiger partial charge is 0.226 e. The van der Waals surface area contributed by atoms with Crippen molar-refractivity contribution >= 4 is 39.6 Å². The minimum atomic E-state index is -1.19. The number of benzene rings is 1. The van der Waals surface area contributed by atoms with Crippen molar-refractivity contribution in [2.45, 2.75) is 31.1 Å². The van der Waals surface area contributed by atoms with Gasteiger partial charge in [-0.2, -0.15) is 0 Å². The van der Waals surface area contributed by atoms with E-state index < -0.39 is 21.1 Å². The summed E-state index contributed by atoms with van der Waals surface area (Å²) < 4.78 is 30.8. The van der Waals surface area contributed by atoms with Gasteiger partial charge in [0.1, 0.15) is 29.1 Å². The molecule has 3 heterocycles. The molecule has 0 saturated carbocycles. The second-order valence-corrected chi connectivity index (χ2v) is 11.1. The van der Waals surface area contributed by atoms with Crippen molar-refractivity contribution in [1.29, 1.82) is 0 Å². The summed E-state index contributed by atoms with van der Waals surface area (Å²) >= 11 is 7.95. The lowest BCUT2D eigenvalue weighted by atomic mass is 10.0. The van der Waals surface area contributed by atoms with Crippen LogP contribution in [0, 0.1) is 5.82 Å². The maximum atomic E-state index is 13.1. The van der Waals surface area contributed by atoms with Gasteiger partial charge in [-0.3, -0.25) is 9.20 Å². The van der Waals surface area contributed by atoms with E-state index in [9.17, 15) is 8.60 Å². The van der Waals surface area contributed by atoms with Crippen molar-refractivity contribution in [3.05, 3.63) is 52.3 Å². The second-order valence-electron chi connectivity index (χ2n) is 7.60. The molecule has 4 rings (SSSR count). The molecule has 5 nitrogen and oxygen atoms in total. The minimum Gasteiger partial charge on any atom is -0.444 e. The van der Waals surface area contributed by atoms with Crippen LogP contribution < -0.4 is 5.73 Å². The molecule has 29 heavy (non-hydrogen) atoms. The van der Waals surface area contributed by atoms with Crippen LogP contribution in [0.4, 0.5) is 4.39 Å². The molecule has 2 unspecified atom stereocenters. The first-order valence-electron chi connectivity index (χ1n) is 8.86. The van der Waals surface area contributed by atoms with Gasteiger partial charge in [-0.05, 0) is 51.1 Å². The second kappa shape index (κ2) is 7.04. The monoisotopic (exact) mass is 451 g/mol. The molecule has 0 saturated heterocycles. The van der Waals surface area contributed by atoms with Gasteiger partial charge < -0.3 is 10.2 Å². The van der Waals surface area contributed by atoms with Crippen molar-refractivity contribution in [2.24, 2.45) is 10.7 Å². The van der Waals surface area contributed by atoms with Crippen molar-refractivity contribution in [3.63, 3.8) is 0 Å². The highest BCUT2D eigenvalue weighted by Crippen LogP contribution is 2.45. The molecule has 0 fully saturated rings. The maximum Gasteiger partial charge on any atom is 0.226 e. The van der Waals surface area contributed by atoms with E-state index >= 15 is 0 Å². The van der Waals surface area contributed by atoms with E-state index in [1.165, 1.54) is 29.7 Å². The molecule has 2 aromatic heterocycles. The highest BCUT2D eigenvalue weighted by Gasteiger charge is 2.44. The number of aromatic nitrogens is 1. The fraction of sp³-hybridized carbons (Fsp3) is 0.300. The fourth-order valence-corrected chi connectivity index (χ4v) is 6.11. The molecular formula is C20H19ClFN3O2S2. The molecule has 0 bridgehead atoms. The third-order valence-corrected chi connectivity index (χ3v) is 8.98. The number of hydrogen-bond acceptors (Lipinski definition) is 6. The van der Waals surface area contributed by atoms with Crippen LogP contribution in [-0.4, -0.2) is 25.5 Å². The molecule has 1 aliphatic rings. The van der Waals surface area contributed by atoms with E-state index in [2.05, 4.69) is 9.98 Å². The SMILES string of the molecule is CC1(c2sc(-c3coc(-c4ccc(F)cc4)n3)cc2Cl)CS(=O)C(C)(C)C(N)=N1. The standard InChI is InChI=1S/C20H19ClFN3O2S2/c1-19(2)18(23)25-20(3,10-29(19)26)16-13(21)8-15(28-16)14-9-27-17(24-14)11-4-6-12(22)7-5-11/h4-9H,10H2,1-3H3,(H2,23,25). The van der Waals surface area contributed by atoms with Crippen molar-refractivity contribution in [1.82, 2.24) is 4.98 Å². The fourth-order valence-electron chi connectivity index (χ4n) is 3.08. The van der Waals surface area contributed by atoms with Gasteiger partial charge in [-0.25, -0.2) is 9.37 Å². The van der Waals surface area contributed by atoms with Gasteiger partial charge in [0, 0.05) is 16.4 Å². The molecule has 1 aliphatic heterocycles. The van der Waals surface area contributed by atoms with Gasteiger partial charge in [-0.1, -0.05) is 11.6 Å². The van der Waals surface area contributed by atoms with Crippen LogP contribution in [0.25, 0.3) is 22.0 Å². The van der Waals surface area contributed by atoms with E-state index in [4.69, 9.17) is 21.8 Å². The number of rotatable bonds is 3. The minimum absolute atomic E-state index is 0.323. The van der Waals surface area contributed by atoms with Crippen LogP contribution in [0.5, 0.6) is 0 Å². The predicted molar refractivity (Wildman–Crippen MR) is 116 cm³/mol. The van der Waals surface area contributed by atoms with Gasteiger partial charge in [0.25, 0.3) is 0 Å². The summed E-state index contributed by atoms with van der Waals surface area (Å²) in [5.74, 6) is 0.757. The van der Waals surface area contributed by atoms with Gasteiger partial charge >= 0.3 is 0 Å². The number of nitrogens with zero attached hydrogens (tertiary/aromatic N) is 2. The number of halogens is 2. The van der Waals surface area contributed by atoms with Crippen molar-refractivity contribution < 1.29 is 13.0 Å². The van der Waals surface area contributed by atoms with Gasteiger partial charge in [0.05, 0.1) is 25.3 Å². The van der Waals surface area contributed by atoms with Crippen molar-refractivity contribution in [2.75, 3.05) is 5.75 Å². The van der Waals surface area contributed by atoms with Gasteiger partial charge in [0.2, 0.25) is 5.89 Å². The van der Waals surface area contributed by atoms with E-state index in [0.29, 0.717) is 33.8 Å². The number of hydrogen-bond donors (Lipinski definition) is 1. The Balaban J connectivity index is 1.70. The first-order chi connectivity index (χ1) is 13.6. The number of aliphatic imine (C=N–C) groups is 1. The predicted octanol–water partition coefficient (Wildman–Crippen LogP) is 4.98. The number of oxazole rings is 1. The molecule has 0 amide bonds. The van der Waals surface area contributed by atoms with Crippen LogP contribution in [0.3, 0.4) is 0 Å². The van der Waals surface area contributed by atoms with Crippen LogP contribution in [0.15, 0.2) is 46.0 Å². The van der Waals surface area contributed by atoms with Crippen LogP contribution >= 0.6 is 22.9 Å². The van der Waals surface area contributed by atoms with Crippen molar-refractivity contribution in [3.8, 4) is 22.0 Å². The molecule has 1 aromatic carbocycles. The lowest BCUT2D eigenvalue weighted by Crippen LogP contribution is -2.51. The summed E-state index contributed by atoms with van der Waals surface area (Å²) in [5.41, 5.74) is 6.64. The topological polar surface area (TPSA) is 81.5 Å². The Labute approximate surface area is 179 Å². The summed E-state index contributed by atoms with van der Waals surface area (Å²) in [6, 6.07) is 7.72. The Morgan fingerprint density at radius 3 is 2.62 bits per heavy atom. The van der Waals surface area contributed by atoms with Gasteiger partial charge in [0.15, 0.2) is 0 Å². The summed E-state index contributed by atoms with van der Waals surface area (Å²) in [4.78, 5) is 10.7. The summed E-state index contributed by atoms with van der Waals surface area (Å²) in [6.07, 6.45) is 1.53. The maximum absolute atomic E-state index is 13.1.